The van der Waals surface area contributed by atoms with Crippen LogP contribution in [0, 0.1) is 0 Å². The second-order valence-electron chi connectivity index (χ2n) is 4.86. The first-order chi connectivity index (χ1) is 8.75. The van der Waals surface area contributed by atoms with Crippen molar-refractivity contribution in [1.29, 1.82) is 0 Å². The third-order valence-electron chi connectivity index (χ3n) is 3.58. The number of hydrogen-bond donors (Lipinski definition) is 1. The first-order valence-corrected chi connectivity index (χ1v) is 6.26. The minimum Gasteiger partial charge on any atom is -0.398 e. The number of rotatable bonds is 1. The summed E-state index contributed by atoms with van der Waals surface area (Å²) in [6.07, 6.45) is 2.88. The van der Waals surface area contributed by atoms with Crippen molar-refractivity contribution < 1.29 is 0 Å². The molecule has 3 rings (SSSR count). The van der Waals surface area contributed by atoms with Crippen LogP contribution in [-0.2, 0) is 13.0 Å². The van der Waals surface area contributed by atoms with Crippen molar-refractivity contribution in [1.82, 2.24) is 9.88 Å². The Labute approximate surface area is 107 Å². The summed E-state index contributed by atoms with van der Waals surface area (Å²) >= 11 is 0. The van der Waals surface area contributed by atoms with Gasteiger partial charge in [-0.05, 0) is 42.8 Å². The first kappa shape index (κ1) is 11.2. The molecule has 0 saturated carbocycles. The Balaban J connectivity index is 2.15. The average molecular weight is 239 g/mol. The van der Waals surface area contributed by atoms with Crippen LogP contribution in [0.3, 0.4) is 0 Å². The first-order valence-electron chi connectivity index (χ1n) is 6.26. The molecule has 1 aromatic carbocycles. The summed E-state index contributed by atoms with van der Waals surface area (Å²) in [6.45, 7) is 2.01. The van der Waals surface area contributed by atoms with Crippen molar-refractivity contribution in [3.63, 3.8) is 0 Å². The predicted molar refractivity (Wildman–Crippen MR) is 74.1 cm³/mol. The van der Waals surface area contributed by atoms with E-state index in [1.165, 1.54) is 16.7 Å². The molecule has 3 heteroatoms. The molecule has 1 aromatic heterocycles. The van der Waals surface area contributed by atoms with Crippen LogP contribution < -0.4 is 5.73 Å². The van der Waals surface area contributed by atoms with Gasteiger partial charge < -0.3 is 10.6 Å². The molecule has 0 unspecified atom stereocenters. The number of likely N-dealkylation sites (N-methyl/N-ethyl adjacent to an activating group) is 1. The number of anilines is 1. The maximum Gasteiger partial charge on any atom is 0.0704 e. The van der Waals surface area contributed by atoms with E-state index < -0.39 is 0 Å². The standard InChI is InChI=1S/C15H17N3/c1-18-9-7-11-12(15-4-2-3-8-17-15)5-6-14(16)13(11)10-18/h2-6,8H,7,9-10,16H2,1H3. The number of fused-ring (bicyclic) bond motifs is 1. The fraction of sp³-hybridized carbons (Fsp3) is 0.267. The second-order valence-corrected chi connectivity index (χ2v) is 4.86. The Morgan fingerprint density at radius 1 is 1.17 bits per heavy atom. The van der Waals surface area contributed by atoms with Gasteiger partial charge in [0.15, 0.2) is 0 Å². The smallest absolute Gasteiger partial charge is 0.0704 e. The van der Waals surface area contributed by atoms with Gasteiger partial charge in [-0.1, -0.05) is 12.1 Å². The number of benzene rings is 1. The number of nitrogen functional groups attached to an aromatic ring is 1. The van der Waals surface area contributed by atoms with Gasteiger partial charge in [-0.2, -0.15) is 0 Å². The van der Waals surface area contributed by atoms with Crippen molar-refractivity contribution in [3.05, 3.63) is 47.7 Å². The molecule has 3 nitrogen and oxygen atoms in total. The van der Waals surface area contributed by atoms with Gasteiger partial charge in [0.25, 0.3) is 0 Å². The minimum absolute atomic E-state index is 0.899. The van der Waals surface area contributed by atoms with Crippen molar-refractivity contribution in [2.75, 3.05) is 19.3 Å². The Bertz CT molecular complexity index is 563. The molecule has 0 atom stereocenters. The highest BCUT2D eigenvalue weighted by Crippen LogP contribution is 2.32. The summed E-state index contributed by atoms with van der Waals surface area (Å²) < 4.78 is 0. The van der Waals surface area contributed by atoms with Crippen LogP contribution in [0.1, 0.15) is 11.1 Å². The summed E-state index contributed by atoms with van der Waals surface area (Å²) in [7, 11) is 2.13. The van der Waals surface area contributed by atoms with Crippen molar-refractivity contribution in [3.8, 4) is 11.3 Å². The SMILES string of the molecule is CN1CCc2c(-c3ccccn3)ccc(N)c2C1. The molecule has 0 aliphatic carbocycles. The van der Waals surface area contributed by atoms with Crippen molar-refractivity contribution in [2.24, 2.45) is 0 Å². The zero-order chi connectivity index (χ0) is 12.5. The normalized spacial score (nSPS) is 15.4. The molecule has 0 bridgehead atoms. The molecule has 0 radical (unpaired) electrons. The topological polar surface area (TPSA) is 42.2 Å². The van der Waals surface area contributed by atoms with Crippen molar-refractivity contribution >= 4 is 5.69 Å². The molecule has 0 spiro atoms. The van der Waals surface area contributed by atoms with Crippen LogP contribution in [0.4, 0.5) is 5.69 Å². The van der Waals surface area contributed by atoms with E-state index >= 15 is 0 Å². The Kier molecular flexibility index (Phi) is 2.76. The van der Waals surface area contributed by atoms with Crippen molar-refractivity contribution in [2.45, 2.75) is 13.0 Å². The van der Waals surface area contributed by atoms with Crippen LogP contribution in [-0.4, -0.2) is 23.5 Å². The third-order valence-corrected chi connectivity index (χ3v) is 3.58. The second kappa shape index (κ2) is 4.42. The summed E-state index contributed by atoms with van der Waals surface area (Å²) in [4.78, 5) is 6.76. The number of aromatic nitrogens is 1. The molecule has 0 saturated heterocycles. The zero-order valence-corrected chi connectivity index (χ0v) is 10.6. The minimum atomic E-state index is 0.899. The highest BCUT2D eigenvalue weighted by Gasteiger charge is 2.19. The van der Waals surface area contributed by atoms with E-state index in [2.05, 4.69) is 29.1 Å². The molecule has 18 heavy (non-hydrogen) atoms. The quantitative estimate of drug-likeness (QED) is 0.777. The Hall–Kier alpha value is -1.87. The van der Waals surface area contributed by atoms with Crippen LogP contribution in [0.15, 0.2) is 36.5 Å². The molecule has 1 aliphatic rings. The van der Waals surface area contributed by atoms with Crippen LogP contribution >= 0.6 is 0 Å². The van der Waals surface area contributed by atoms with E-state index in [0.717, 1.165) is 30.9 Å². The average Bonchev–Trinajstić information content (AvgIpc) is 2.41. The molecule has 1 aliphatic heterocycles. The summed E-state index contributed by atoms with van der Waals surface area (Å²) in [5, 5.41) is 0. The molecule has 2 N–H and O–H groups in total. The molecule has 0 fully saturated rings. The Morgan fingerprint density at radius 3 is 2.83 bits per heavy atom. The van der Waals surface area contributed by atoms with Gasteiger partial charge in [0.2, 0.25) is 0 Å². The maximum atomic E-state index is 6.10. The van der Waals surface area contributed by atoms with Gasteiger partial charge in [-0.3, -0.25) is 4.98 Å². The van der Waals surface area contributed by atoms with Crippen LogP contribution in [0.25, 0.3) is 11.3 Å². The van der Waals surface area contributed by atoms with E-state index in [1.54, 1.807) is 0 Å². The molecule has 0 amide bonds. The third kappa shape index (κ3) is 1.87. The summed E-state index contributed by atoms with van der Waals surface area (Å²) in [5.41, 5.74) is 11.9. The lowest BCUT2D eigenvalue weighted by Gasteiger charge is -2.28. The number of pyridine rings is 1. The van der Waals surface area contributed by atoms with Crippen LogP contribution in [0.2, 0.25) is 0 Å². The molecule has 2 heterocycles. The zero-order valence-electron chi connectivity index (χ0n) is 10.6. The number of hydrogen-bond acceptors (Lipinski definition) is 3. The number of nitrogens with zero attached hydrogens (tertiary/aromatic N) is 2. The fourth-order valence-corrected chi connectivity index (χ4v) is 2.60. The maximum absolute atomic E-state index is 6.10. The van der Waals surface area contributed by atoms with E-state index in [9.17, 15) is 0 Å². The van der Waals surface area contributed by atoms with Gasteiger partial charge in [0.1, 0.15) is 0 Å². The van der Waals surface area contributed by atoms with Crippen LogP contribution in [0.5, 0.6) is 0 Å². The Morgan fingerprint density at radius 2 is 2.06 bits per heavy atom. The lowest BCUT2D eigenvalue weighted by atomic mass is 9.91. The van der Waals surface area contributed by atoms with Gasteiger partial charge in [0.05, 0.1) is 5.69 Å². The lowest BCUT2D eigenvalue weighted by Crippen LogP contribution is -2.27. The molecular weight excluding hydrogens is 222 g/mol. The highest BCUT2D eigenvalue weighted by molar-refractivity contribution is 5.70. The highest BCUT2D eigenvalue weighted by atomic mass is 15.1. The summed E-state index contributed by atoms with van der Waals surface area (Å²) in [6, 6.07) is 10.1. The van der Waals surface area contributed by atoms with E-state index in [0.29, 0.717) is 0 Å². The summed E-state index contributed by atoms with van der Waals surface area (Å²) in [5.74, 6) is 0. The molecule has 2 aromatic rings. The molecule has 92 valence electrons. The predicted octanol–water partition coefficient (Wildman–Crippen LogP) is 2.32. The largest absolute Gasteiger partial charge is 0.398 e. The van der Waals surface area contributed by atoms with Gasteiger partial charge >= 0.3 is 0 Å². The number of nitrogens with two attached hydrogens (primary N) is 1. The van der Waals surface area contributed by atoms with Gasteiger partial charge in [0, 0.05) is 30.5 Å². The monoisotopic (exact) mass is 239 g/mol. The fourth-order valence-electron chi connectivity index (χ4n) is 2.60. The van der Waals surface area contributed by atoms with E-state index in [4.69, 9.17) is 5.73 Å². The van der Waals surface area contributed by atoms with Gasteiger partial charge in [-0.25, -0.2) is 0 Å². The van der Waals surface area contributed by atoms with Gasteiger partial charge in [-0.15, -0.1) is 0 Å². The molecular formula is C15H17N3. The van der Waals surface area contributed by atoms with E-state index in [-0.39, 0.29) is 0 Å². The van der Waals surface area contributed by atoms with E-state index in [1.807, 2.05) is 24.4 Å². The lowest BCUT2D eigenvalue weighted by molar-refractivity contribution is 0.314.